The first-order chi connectivity index (χ1) is 7.36. The highest BCUT2D eigenvalue weighted by Gasteiger charge is 1.98. The Bertz CT molecular complexity index is 414. The van der Waals surface area contributed by atoms with Crippen molar-refractivity contribution in [3.8, 4) is 0 Å². The minimum atomic E-state index is 0.621. The zero-order valence-electron chi connectivity index (χ0n) is 7.97. The standard InChI is InChI=1S/C9H10ClN5/c10-8-2-1-3-11-9(8)12-4-6-15-7-5-13-14-15/h1-3,5,7H,4,6H2,(H,11,12). The van der Waals surface area contributed by atoms with Crippen LogP contribution in [0.2, 0.25) is 5.02 Å². The van der Waals surface area contributed by atoms with Crippen LogP contribution in [-0.2, 0) is 6.54 Å². The number of hydrogen-bond acceptors (Lipinski definition) is 4. The van der Waals surface area contributed by atoms with E-state index in [-0.39, 0.29) is 0 Å². The lowest BCUT2D eigenvalue weighted by Crippen LogP contribution is -2.12. The van der Waals surface area contributed by atoms with Crippen LogP contribution in [0.15, 0.2) is 30.7 Å². The second kappa shape index (κ2) is 4.75. The number of rotatable bonds is 4. The molecule has 0 radical (unpaired) electrons. The Kier molecular flexibility index (Phi) is 3.14. The zero-order chi connectivity index (χ0) is 10.5. The molecule has 0 bridgehead atoms. The average Bonchev–Trinajstić information content (AvgIpc) is 2.74. The van der Waals surface area contributed by atoms with Crippen molar-refractivity contribution in [3.63, 3.8) is 0 Å². The highest BCUT2D eigenvalue weighted by atomic mass is 35.5. The van der Waals surface area contributed by atoms with E-state index in [1.165, 1.54) is 0 Å². The third kappa shape index (κ3) is 2.66. The van der Waals surface area contributed by atoms with Gasteiger partial charge in [0, 0.05) is 18.9 Å². The molecule has 5 nitrogen and oxygen atoms in total. The second-order valence-electron chi connectivity index (χ2n) is 2.93. The van der Waals surface area contributed by atoms with Crippen molar-refractivity contribution in [2.24, 2.45) is 0 Å². The lowest BCUT2D eigenvalue weighted by atomic mass is 10.4. The molecule has 1 N–H and O–H groups in total. The second-order valence-corrected chi connectivity index (χ2v) is 3.33. The van der Waals surface area contributed by atoms with E-state index in [0.717, 1.165) is 6.54 Å². The summed E-state index contributed by atoms with van der Waals surface area (Å²) in [6.07, 6.45) is 5.15. The molecule has 0 amide bonds. The lowest BCUT2D eigenvalue weighted by molar-refractivity contribution is 0.608. The van der Waals surface area contributed by atoms with Crippen LogP contribution < -0.4 is 5.32 Å². The van der Waals surface area contributed by atoms with Gasteiger partial charge in [0.25, 0.3) is 0 Å². The van der Waals surface area contributed by atoms with Crippen LogP contribution in [0.1, 0.15) is 0 Å². The maximum Gasteiger partial charge on any atom is 0.144 e. The molecule has 0 spiro atoms. The lowest BCUT2D eigenvalue weighted by Gasteiger charge is -2.06. The molecule has 0 aromatic carbocycles. The molecule has 78 valence electrons. The molecule has 6 heteroatoms. The van der Waals surface area contributed by atoms with Gasteiger partial charge >= 0.3 is 0 Å². The summed E-state index contributed by atoms with van der Waals surface area (Å²) in [5.74, 6) is 0.694. The van der Waals surface area contributed by atoms with Crippen LogP contribution >= 0.6 is 11.6 Å². The minimum absolute atomic E-state index is 0.621. The smallest absolute Gasteiger partial charge is 0.144 e. The van der Waals surface area contributed by atoms with Gasteiger partial charge in [-0.05, 0) is 12.1 Å². The molecule has 0 aliphatic rings. The van der Waals surface area contributed by atoms with Crippen LogP contribution in [-0.4, -0.2) is 26.5 Å². The van der Waals surface area contributed by atoms with E-state index < -0.39 is 0 Å². The molecule has 0 saturated carbocycles. The summed E-state index contributed by atoms with van der Waals surface area (Å²) in [5.41, 5.74) is 0. The zero-order valence-corrected chi connectivity index (χ0v) is 8.72. The summed E-state index contributed by atoms with van der Waals surface area (Å²) in [4.78, 5) is 4.11. The number of nitrogens with one attached hydrogen (secondary N) is 1. The van der Waals surface area contributed by atoms with E-state index in [1.807, 2.05) is 6.20 Å². The van der Waals surface area contributed by atoms with Gasteiger partial charge < -0.3 is 5.32 Å². The van der Waals surface area contributed by atoms with E-state index >= 15 is 0 Å². The first-order valence-corrected chi connectivity index (χ1v) is 4.92. The minimum Gasteiger partial charge on any atom is -0.367 e. The largest absolute Gasteiger partial charge is 0.367 e. The van der Waals surface area contributed by atoms with Crippen molar-refractivity contribution in [1.82, 2.24) is 20.0 Å². The number of nitrogens with zero attached hydrogens (tertiary/aromatic N) is 4. The Morgan fingerprint density at radius 2 is 2.33 bits per heavy atom. The fraction of sp³-hybridized carbons (Fsp3) is 0.222. The molecule has 2 aromatic heterocycles. The van der Waals surface area contributed by atoms with E-state index in [0.29, 0.717) is 17.4 Å². The quantitative estimate of drug-likeness (QED) is 0.852. The van der Waals surface area contributed by atoms with Gasteiger partial charge in [-0.1, -0.05) is 16.8 Å². The molecular weight excluding hydrogens is 214 g/mol. The van der Waals surface area contributed by atoms with Gasteiger partial charge in [-0.15, -0.1) is 5.10 Å². The molecule has 0 aliphatic heterocycles. The molecule has 0 aliphatic carbocycles. The van der Waals surface area contributed by atoms with Crippen LogP contribution in [0, 0.1) is 0 Å². The average molecular weight is 224 g/mol. The maximum atomic E-state index is 5.93. The van der Waals surface area contributed by atoms with Crippen molar-refractivity contribution >= 4 is 17.4 Å². The third-order valence-electron chi connectivity index (χ3n) is 1.86. The monoisotopic (exact) mass is 223 g/mol. The first kappa shape index (κ1) is 9.92. The fourth-order valence-corrected chi connectivity index (χ4v) is 1.34. The number of anilines is 1. The van der Waals surface area contributed by atoms with Gasteiger partial charge in [-0.25, -0.2) is 4.98 Å². The van der Waals surface area contributed by atoms with E-state index in [2.05, 4.69) is 20.6 Å². The number of hydrogen-bond donors (Lipinski definition) is 1. The summed E-state index contributed by atoms with van der Waals surface area (Å²) >= 11 is 5.93. The van der Waals surface area contributed by atoms with Gasteiger partial charge in [0.1, 0.15) is 5.82 Å². The number of pyridine rings is 1. The molecule has 2 heterocycles. The Hall–Kier alpha value is -1.62. The van der Waals surface area contributed by atoms with Crippen LogP contribution in [0.4, 0.5) is 5.82 Å². The maximum absolute atomic E-state index is 5.93. The van der Waals surface area contributed by atoms with E-state index in [1.54, 1.807) is 29.2 Å². The molecule has 0 atom stereocenters. The molecular formula is C9H10ClN5. The van der Waals surface area contributed by atoms with Crippen LogP contribution in [0.25, 0.3) is 0 Å². The molecule has 0 fully saturated rings. The summed E-state index contributed by atoms with van der Waals surface area (Å²) in [6, 6.07) is 3.59. The van der Waals surface area contributed by atoms with Crippen molar-refractivity contribution in [3.05, 3.63) is 35.7 Å². The van der Waals surface area contributed by atoms with E-state index in [9.17, 15) is 0 Å². The normalized spacial score (nSPS) is 10.2. The Morgan fingerprint density at radius 1 is 1.40 bits per heavy atom. The predicted molar refractivity (Wildman–Crippen MR) is 57.8 cm³/mol. The molecule has 2 rings (SSSR count). The van der Waals surface area contributed by atoms with Crippen molar-refractivity contribution < 1.29 is 0 Å². The summed E-state index contributed by atoms with van der Waals surface area (Å²) in [7, 11) is 0. The Balaban J connectivity index is 1.86. The molecule has 2 aromatic rings. The number of aromatic nitrogens is 4. The predicted octanol–water partition coefficient (Wildman–Crippen LogP) is 1.44. The summed E-state index contributed by atoms with van der Waals surface area (Å²) in [6.45, 7) is 1.44. The summed E-state index contributed by atoms with van der Waals surface area (Å²) in [5, 5.41) is 11.3. The highest BCUT2D eigenvalue weighted by molar-refractivity contribution is 6.32. The van der Waals surface area contributed by atoms with Crippen LogP contribution in [0.3, 0.4) is 0 Å². The third-order valence-corrected chi connectivity index (χ3v) is 2.17. The van der Waals surface area contributed by atoms with Crippen molar-refractivity contribution in [2.45, 2.75) is 6.54 Å². The fourth-order valence-electron chi connectivity index (χ4n) is 1.16. The Labute approximate surface area is 92.1 Å². The highest BCUT2D eigenvalue weighted by Crippen LogP contribution is 2.16. The van der Waals surface area contributed by atoms with Gasteiger partial charge in [0.15, 0.2) is 0 Å². The molecule has 0 unspecified atom stereocenters. The van der Waals surface area contributed by atoms with Crippen molar-refractivity contribution in [2.75, 3.05) is 11.9 Å². The van der Waals surface area contributed by atoms with Gasteiger partial charge in [-0.3, -0.25) is 4.68 Å². The Morgan fingerprint density at radius 3 is 3.07 bits per heavy atom. The molecule has 15 heavy (non-hydrogen) atoms. The SMILES string of the molecule is Clc1cccnc1NCCn1ccnn1. The van der Waals surface area contributed by atoms with Gasteiger partial charge in [0.05, 0.1) is 17.8 Å². The summed E-state index contributed by atoms with van der Waals surface area (Å²) < 4.78 is 1.74. The van der Waals surface area contributed by atoms with E-state index in [4.69, 9.17) is 11.6 Å². The van der Waals surface area contributed by atoms with Crippen LogP contribution in [0.5, 0.6) is 0 Å². The number of halogens is 1. The molecule has 0 saturated heterocycles. The van der Waals surface area contributed by atoms with Crippen molar-refractivity contribution in [1.29, 1.82) is 0 Å². The topological polar surface area (TPSA) is 55.6 Å². The first-order valence-electron chi connectivity index (χ1n) is 4.55. The van der Waals surface area contributed by atoms with Gasteiger partial charge in [-0.2, -0.15) is 0 Å². The van der Waals surface area contributed by atoms with Gasteiger partial charge in [0.2, 0.25) is 0 Å².